The van der Waals surface area contributed by atoms with Gasteiger partial charge in [-0.15, -0.1) is 0 Å². The molecular weight excluding hydrogens is 392 g/mol. The van der Waals surface area contributed by atoms with Crippen LogP contribution in [0, 0.1) is 10.1 Å². The van der Waals surface area contributed by atoms with Crippen LogP contribution in [0.5, 0.6) is 0 Å². The fourth-order valence-electron chi connectivity index (χ4n) is 3.01. The quantitative estimate of drug-likeness (QED) is 0.431. The highest BCUT2D eigenvalue weighted by Gasteiger charge is 2.10. The van der Waals surface area contributed by atoms with Crippen LogP contribution in [0.4, 0.5) is 5.69 Å². The second-order valence-corrected chi connectivity index (χ2v) is 7.37. The highest BCUT2D eigenvalue weighted by Crippen LogP contribution is 2.18. The maximum atomic E-state index is 13.0. The average molecular weight is 413 g/mol. The Morgan fingerprint density at radius 2 is 2.00 bits per heavy atom. The summed E-state index contributed by atoms with van der Waals surface area (Å²) in [6.07, 6.45) is 4.20. The van der Waals surface area contributed by atoms with Crippen molar-refractivity contribution in [3.63, 3.8) is 0 Å². The number of non-ortho nitro benzene ring substituents is 1. The molecule has 3 aromatic rings. The van der Waals surface area contributed by atoms with E-state index in [0.717, 1.165) is 13.0 Å². The van der Waals surface area contributed by atoms with Gasteiger partial charge in [-0.3, -0.25) is 19.5 Å². The fraction of sp³-hybridized carbons (Fsp3) is 0.238. The van der Waals surface area contributed by atoms with Crippen LogP contribution in [0.25, 0.3) is 23.1 Å². The number of rotatable bonds is 7. The van der Waals surface area contributed by atoms with Gasteiger partial charge in [0.15, 0.2) is 0 Å². The van der Waals surface area contributed by atoms with E-state index in [1.807, 2.05) is 14.1 Å². The van der Waals surface area contributed by atoms with Crippen LogP contribution in [0.3, 0.4) is 0 Å². The summed E-state index contributed by atoms with van der Waals surface area (Å²) in [5.74, 6) is 0.482. The zero-order chi connectivity index (χ0) is 21.0. The smallest absolute Gasteiger partial charge is 0.270 e. The molecule has 1 aromatic heterocycles. The molecule has 0 aliphatic rings. The van der Waals surface area contributed by atoms with Crippen LogP contribution in [-0.4, -0.2) is 40.0 Å². The fourth-order valence-corrected chi connectivity index (χ4v) is 3.18. The predicted molar refractivity (Wildman–Crippen MR) is 116 cm³/mol. The van der Waals surface area contributed by atoms with Gasteiger partial charge >= 0.3 is 0 Å². The molecular formula is C21H21ClN4O3. The molecule has 0 atom stereocenters. The van der Waals surface area contributed by atoms with Crippen molar-refractivity contribution in [2.75, 3.05) is 20.6 Å². The Bertz CT molecular complexity index is 1140. The summed E-state index contributed by atoms with van der Waals surface area (Å²) in [6.45, 7) is 1.34. The van der Waals surface area contributed by atoms with Gasteiger partial charge in [0.25, 0.3) is 11.2 Å². The molecule has 150 valence electrons. The second-order valence-electron chi connectivity index (χ2n) is 6.93. The van der Waals surface area contributed by atoms with Gasteiger partial charge in [-0.25, -0.2) is 4.98 Å². The van der Waals surface area contributed by atoms with Crippen LogP contribution in [0.1, 0.15) is 17.8 Å². The number of benzene rings is 2. The van der Waals surface area contributed by atoms with Gasteiger partial charge in [0.2, 0.25) is 0 Å². The topological polar surface area (TPSA) is 81.3 Å². The summed E-state index contributed by atoms with van der Waals surface area (Å²) >= 11 is 6.07. The molecule has 0 saturated carbocycles. The van der Waals surface area contributed by atoms with E-state index in [2.05, 4.69) is 9.88 Å². The summed E-state index contributed by atoms with van der Waals surface area (Å²) in [7, 11) is 3.96. The Hall–Kier alpha value is -3.03. The standard InChI is InChI=1S/C21H21ClN4O3/c1-24(2)11-4-12-25-20(10-7-15-5-3-6-17(13-15)26(28)29)23-19-14-16(22)8-9-18(19)21(25)27/h3,5-10,13-14H,4,11-12H2,1-2H3/b10-7+. The van der Waals surface area contributed by atoms with Crippen LogP contribution in [-0.2, 0) is 6.54 Å². The van der Waals surface area contributed by atoms with E-state index in [9.17, 15) is 14.9 Å². The highest BCUT2D eigenvalue weighted by atomic mass is 35.5. The number of nitrogens with zero attached hydrogens (tertiary/aromatic N) is 4. The van der Waals surface area contributed by atoms with Gasteiger partial charge < -0.3 is 4.90 Å². The van der Waals surface area contributed by atoms with Gasteiger partial charge in [0.05, 0.1) is 15.8 Å². The van der Waals surface area contributed by atoms with Crippen molar-refractivity contribution < 1.29 is 4.92 Å². The molecule has 29 heavy (non-hydrogen) atoms. The third-order valence-electron chi connectivity index (χ3n) is 4.44. The number of hydrogen-bond acceptors (Lipinski definition) is 5. The van der Waals surface area contributed by atoms with E-state index in [1.165, 1.54) is 12.1 Å². The second kappa shape index (κ2) is 8.98. The monoisotopic (exact) mass is 412 g/mol. The Balaban J connectivity index is 2.05. The van der Waals surface area contributed by atoms with Crippen molar-refractivity contribution in [2.24, 2.45) is 0 Å². The molecule has 2 aromatic carbocycles. The van der Waals surface area contributed by atoms with Crippen molar-refractivity contribution in [3.8, 4) is 0 Å². The van der Waals surface area contributed by atoms with E-state index in [0.29, 0.717) is 33.9 Å². The van der Waals surface area contributed by atoms with Crippen LogP contribution >= 0.6 is 11.6 Å². The van der Waals surface area contributed by atoms with Crippen molar-refractivity contribution in [1.29, 1.82) is 0 Å². The minimum Gasteiger partial charge on any atom is -0.309 e. The lowest BCUT2D eigenvalue weighted by molar-refractivity contribution is -0.384. The van der Waals surface area contributed by atoms with Crippen molar-refractivity contribution in [1.82, 2.24) is 14.5 Å². The maximum absolute atomic E-state index is 13.0. The largest absolute Gasteiger partial charge is 0.309 e. The first-order valence-electron chi connectivity index (χ1n) is 9.12. The minimum absolute atomic E-state index is 0.00813. The number of aromatic nitrogens is 2. The maximum Gasteiger partial charge on any atom is 0.270 e. The highest BCUT2D eigenvalue weighted by molar-refractivity contribution is 6.31. The zero-order valence-corrected chi connectivity index (χ0v) is 17.0. The van der Waals surface area contributed by atoms with E-state index in [4.69, 9.17) is 11.6 Å². The molecule has 0 N–H and O–H groups in total. The third-order valence-corrected chi connectivity index (χ3v) is 4.67. The first-order chi connectivity index (χ1) is 13.8. The summed E-state index contributed by atoms with van der Waals surface area (Å²) in [4.78, 5) is 30.2. The molecule has 3 rings (SSSR count). The zero-order valence-electron chi connectivity index (χ0n) is 16.2. The Morgan fingerprint density at radius 3 is 2.72 bits per heavy atom. The molecule has 0 fully saturated rings. The first kappa shape index (κ1) is 20.7. The molecule has 0 amide bonds. The first-order valence-corrected chi connectivity index (χ1v) is 9.50. The number of fused-ring (bicyclic) bond motifs is 1. The number of nitro groups is 1. The van der Waals surface area contributed by atoms with Gasteiger partial charge in [-0.05, 0) is 56.9 Å². The molecule has 0 bridgehead atoms. The molecule has 0 aliphatic heterocycles. The van der Waals surface area contributed by atoms with Crippen LogP contribution in [0.15, 0.2) is 47.3 Å². The molecule has 0 unspecified atom stereocenters. The normalized spacial score (nSPS) is 11.6. The van der Waals surface area contributed by atoms with Crippen molar-refractivity contribution >= 4 is 40.3 Å². The van der Waals surface area contributed by atoms with Crippen LogP contribution < -0.4 is 5.56 Å². The van der Waals surface area contributed by atoms with Gasteiger partial charge in [-0.1, -0.05) is 29.8 Å². The predicted octanol–water partition coefficient (Wildman–Crippen LogP) is 4.08. The molecule has 0 aliphatic carbocycles. The van der Waals surface area contributed by atoms with E-state index in [1.54, 1.807) is 47.1 Å². The Morgan fingerprint density at radius 1 is 1.21 bits per heavy atom. The lowest BCUT2D eigenvalue weighted by Gasteiger charge is -2.13. The third kappa shape index (κ3) is 5.07. The lowest BCUT2D eigenvalue weighted by atomic mass is 10.2. The molecule has 7 nitrogen and oxygen atoms in total. The summed E-state index contributed by atoms with van der Waals surface area (Å²) in [5, 5.41) is 12.0. The molecule has 0 saturated heterocycles. The Kier molecular flexibility index (Phi) is 6.41. The summed E-state index contributed by atoms with van der Waals surface area (Å²) < 4.78 is 1.63. The number of hydrogen-bond donors (Lipinski definition) is 0. The van der Waals surface area contributed by atoms with E-state index in [-0.39, 0.29) is 11.2 Å². The van der Waals surface area contributed by atoms with Crippen LogP contribution in [0.2, 0.25) is 5.02 Å². The number of nitro benzene ring substituents is 1. The Labute approximate surface area is 173 Å². The minimum atomic E-state index is -0.440. The lowest BCUT2D eigenvalue weighted by Crippen LogP contribution is -2.26. The van der Waals surface area contributed by atoms with Gasteiger partial charge in [0.1, 0.15) is 5.82 Å². The molecule has 1 heterocycles. The van der Waals surface area contributed by atoms with Gasteiger partial charge in [0, 0.05) is 23.7 Å². The molecule has 0 radical (unpaired) electrons. The van der Waals surface area contributed by atoms with Crippen molar-refractivity contribution in [3.05, 3.63) is 79.3 Å². The summed E-state index contributed by atoms with van der Waals surface area (Å²) in [6, 6.07) is 11.3. The van der Waals surface area contributed by atoms with E-state index >= 15 is 0 Å². The van der Waals surface area contributed by atoms with Gasteiger partial charge in [-0.2, -0.15) is 0 Å². The molecule has 8 heteroatoms. The van der Waals surface area contributed by atoms with E-state index < -0.39 is 4.92 Å². The number of halogens is 1. The van der Waals surface area contributed by atoms with Crippen molar-refractivity contribution in [2.45, 2.75) is 13.0 Å². The SMILES string of the molecule is CN(C)CCCn1c(/C=C/c2cccc([N+](=O)[O-])c2)nc2cc(Cl)ccc2c1=O. The average Bonchev–Trinajstić information content (AvgIpc) is 2.68. The molecule has 0 spiro atoms. The summed E-state index contributed by atoms with van der Waals surface area (Å²) in [5.41, 5.74) is 1.04.